The van der Waals surface area contributed by atoms with Crippen LogP contribution in [0.25, 0.3) is 0 Å². The minimum atomic E-state index is -0.665. The molecule has 0 aromatic rings. The summed E-state index contributed by atoms with van der Waals surface area (Å²) in [5.74, 6) is 0. The van der Waals surface area contributed by atoms with Gasteiger partial charge in [0, 0.05) is 13.2 Å². The van der Waals surface area contributed by atoms with Crippen LogP contribution in [0.5, 0.6) is 0 Å². The molecule has 68 valence electrons. The number of aliphatic hydroxyl groups is 4. The Kier molecular flexibility index (Phi) is 6.45. The highest BCUT2D eigenvalue weighted by molar-refractivity contribution is 4.62. The third-order valence-electron chi connectivity index (χ3n) is 1.47. The quantitative estimate of drug-likeness (QED) is 0.400. The second-order valence-electron chi connectivity index (χ2n) is 2.57. The minimum Gasteiger partial charge on any atom is -0.396 e. The highest BCUT2D eigenvalue weighted by atomic mass is 16.3. The van der Waals surface area contributed by atoms with Gasteiger partial charge < -0.3 is 20.4 Å². The molecule has 0 amide bonds. The highest BCUT2D eigenvalue weighted by Crippen LogP contribution is 2.04. The zero-order valence-electron chi connectivity index (χ0n) is 6.48. The summed E-state index contributed by atoms with van der Waals surface area (Å²) < 4.78 is 0. The summed E-state index contributed by atoms with van der Waals surface area (Å²) >= 11 is 0. The van der Waals surface area contributed by atoms with Crippen molar-refractivity contribution in [1.29, 1.82) is 0 Å². The number of aliphatic hydroxyl groups excluding tert-OH is 4. The van der Waals surface area contributed by atoms with E-state index in [2.05, 4.69) is 0 Å². The molecule has 0 bridgehead atoms. The van der Waals surface area contributed by atoms with Crippen LogP contribution in [-0.4, -0.2) is 45.8 Å². The normalized spacial score (nSPS) is 16.4. The summed E-state index contributed by atoms with van der Waals surface area (Å²) in [6.45, 7) is -0.153. The summed E-state index contributed by atoms with van der Waals surface area (Å²) in [7, 11) is 0. The van der Waals surface area contributed by atoms with Gasteiger partial charge in [-0.15, -0.1) is 0 Å². The van der Waals surface area contributed by atoms with E-state index < -0.39 is 12.2 Å². The number of rotatable bonds is 6. The molecule has 0 aliphatic carbocycles. The van der Waals surface area contributed by atoms with Crippen molar-refractivity contribution in [3.8, 4) is 0 Å². The topological polar surface area (TPSA) is 80.9 Å². The summed E-state index contributed by atoms with van der Waals surface area (Å²) in [6, 6.07) is 0. The standard InChI is InChI=1S/C7H16O4/c8-3-1-6(10)5-7(11)2-4-9/h6-11H,1-5H2. The monoisotopic (exact) mass is 164 g/mol. The molecule has 11 heavy (non-hydrogen) atoms. The van der Waals surface area contributed by atoms with Gasteiger partial charge in [-0.05, 0) is 19.3 Å². The van der Waals surface area contributed by atoms with E-state index >= 15 is 0 Å². The first-order chi connectivity index (χ1) is 5.20. The molecule has 4 heteroatoms. The van der Waals surface area contributed by atoms with Crippen molar-refractivity contribution in [2.24, 2.45) is 0 Å². The smallest absolute Gasteiger partial charge is 0.0586 e. The molecule has 0 spiro atoms. The van der Waals surface area contributed by atoms with E-state index in [-0.39, 0.29) is 32.5 Å². The fourth-order valence-corrected chi connectivity index (χ4v) is 0.848. The zero-order valence-corrected chi connectivity index (χ0v) is 6.48. The first-order valence-electron chi connectivity index (χ1n) is 3.78. The number of hydrogen-bond acceptors (Lipinski definition) is 4. The molecule has 0 aliphatic rings. The maximum absolute atomic E-state index is 9.04. The minimum absolute atomic E-state index is 0.0764. The summed E-state index contributed by atoms with van der Waals surface area (Å²) in [4.78, 5) is 0. The van der Waals surface area contributed by atoms with E-state index in [0.29, 0.717) is 0 Å². The maximum Gasteiger partial charge on any atom is 0.0586 e. The van der Waals surface area contributed by atoms with Crippen LogP contribution in [0.4, 0.5) is 0 Å². The molecule has 0 fully saturated rings. The largest absolute Gasteiger partial charge is 0.396 e. The molecule has 2 atom stereocenters. The molecular formula is C7H16O4. The van der Waals surface area contributed by atoms with Crippen LogP contribution in [0.1, 0.15) is 19.3 Å². The van der Waals surface area contributed by atoms with Crippen molar-refractivity contribution in [3.63, 3.8) is 0 Å². The molecule has 0 aliphatic heterocycles. The molecule has 2 unspecified atom stereocenters. The molecule has 0 heterocycles. The van der Waals surface area contributed by atoms with Crippen molar-refractivity contribution in [1.82, 2.24) is 0 Å². The SMILES string of the molecule is OCCC(O)CC(O)CCO. The lowest BCUT2D eigenvalue weighted by molar-refractivity contribution is 0.0517. The summed E-state index contributed by atoms with van der Waals surface area (Å²) in [5, 5.41) is 34.9. The third kappa shape index (κ3) is 6.25. The predicted octanol–water partition coefficient (Wildman–Crippen LogP) is -1.14. The molecular weight excluding hydrogens is 148 g/mol. The Bertz CT molecular complexity index is 76.5. The first-order valence-corrected chi connectivity index (χ1v) is 3.78. The fraction of sp³-hybridized carbons (Fsp3) is 1.00. The van der Waals surface area contributed by atoms with Gasteiger partial charge in [-0.3, -0.25) is 0 Å². The highest BCUT2D eigenvalue weighted by Gasteiger charge is 2.10. The van der Waals surface area contributed by atoms with Gasteiger partial charge in [0.1, 0.15) is 0 Å². The molecule has 0 aromatic carbocycles. The van der Waals surface area contributed by atoms with Gasteiger partial charge in [0.05, 0.1) is 12.2 Å². The molecule has 0 rings (SSSR count). The van der Waals surface area contributed by atoms with Crippen molar-refractivity contribution < 1.29 is 20.4 Å². The van der Waals surface area contributed by atoms with Crippen LogP contribution in [0.15, 0.2) is 0 Å². The van der Waals surface area contributed by atoms with Gasteiger partial charge in [0.2, 0.25) is 0 Å². The Labute approximate surface area is 66.1 Å². The van der Waals surface area contributed by atoms with Gasteiger partial charge in [0.25, 0.3) is 0 Å². The van der Waals surface area contributed by atoms with Gasteiger partial charge in [-0.2, -0.15) is 0 Å². The molecule has 4 N–H and O–H groups in total. The van der Waals surface area contributed by atoms with Crippen LogP contribution in [0, 0.1) is 0 Å². The molecule has 0 saturated carbocycles. The lowest BCUT2D eigenvalue weighted by Crippen LogP contribution is -2.19. The van der Waals surface area contributed by atoms with E-state index in [4.69, 9.17) is 20.4 Å². The Hall–Kier alpha value is -0.160. The second-order valence-corrected chi connectivity index (χ2v) is 2.57. The summed E-state index contributed by atoms with van der Waals surface area (Å²) in [5.41, 5.74) is 0. The van der Waals surface area contributed by atoms with Gasteiger partial charge >= 0.3 is 0 Å². The first kappa shape index (κ1) is 10.8. The van der Waals surface area contributed by atoms with Crippen molar-refractivity contribution in [3.05, 3.63) is 0 Å². The van der Waals surface area contributed by atoms with Gasteiger partial charge in [0.15, 0.2) is 0 Å². The van der Waals surface area contributed by atoms with Crippen LogP contribution < -0.4 is 0 Å². The third-order valence-corrected chi connectivity index (χ3v) is 1.47. The van der Waals surface area contributed by atoms with E-state index in [1.165, 1.54) is 0 Å². The maximum atomic E-state index is 9.04. The Balaban J connectivity index is 3.32. The van der Waals surface area contributed by atoms with Crippen LogP contribution in [-0.2, 0) is 0 Å². The average molecular weight is 164 g/mol. The van der Waals surface area contributed by atoms with E-state index in [1.807, 2.05) is 0 Å². The van der Waals surface area contributed by atoms with E-state index in [1.54, 1.807) is 0 Å². The predicted molar refractivity (Wildman–Crippen MR) is 40.0 cm³/mol. The molecule has 0 aromatic heterocycles. The number of hydrogen-bond donors (Lipinski definition) is 4. The fourth-order valence-electron chi connectivity index (χ4n) is 0.848. The molecule has 4 nitrogen and oxygen atoms in total. The van der Waals surface area contributed by atoms with Crippen molar-refractivity contribution in [2.45, 2.75) is 31.5 Å². The van der Waals surface area contributed by atoms with E-state index in [9.17, 15) is 0 Å². The lowest BCUT2D eigenvalue weighted by atomic mass is 10.1. The van der Waals surface area contributed by atoms with Gasteiger partial charge in [-0.1, -0.05) is 0 Å². The average Bonchev–Trinajstić information content (AvgIpc) is 1.87. The van der Waals surface area contributed by atoms with Crippen molar-refractivity contribution in [2.75, 3.05) is 13.2 Å². The second kappa shape index (κ2) is 6.54. The Morgan fingerprint density at radius 3 is 1.45 bits per heavy atom. The van der Waals surface area contributed by atoms with Crippen LogP contribution >= 0.6 is 0 Å². The van der Waals surface area contributed by atoms with E-state index in [0.717, 1.165) is 0 Å². The Morgan fingerprint density at radius 2 is 1.18 bits per heavy atom. The summed E-state index contributed by atoms with van der Waals surface area (Å²) in [6.07, 6.45) is -0.547. The van der Waals surface area contributed by atoms with Crippen LogP contribution in [0.3, 0.4) is 0 Å². The zero-order chi connectivity index (χ0) is 8.69. The van der Waals surface area contributed by atoms with Gasteiger partial charge in [-0.25, -0.2) is 0 Å². The molecule has 0 radical (unpaired) electrons. The lowest BCUT2D eigenvalue weighted by Gasteiger charge is -2.13. The van der Waals surface area contributed by atoms with Crippen LogP contribution in [0.2, 0.25) is 0 Å². The Morgan fingerprint density at radius 1 is 0.818 bits per heavy atom. The van der Waals surface area contributed by atoms with Crippen molar-refractivity contribution >= 4 is 0 Å². The molecule has 0 saturated heterocycles.